The molecule has 1 aromatic carbocycles. The summed E-state index contributed by atoms with van der Waals surface area (Å²) in [5, 5.41) is 2.21. The number of carbonyl (C=O) groups excluding carboxylic acids is 3. The van der Waals surface area contributed by atoms with E-state index in [1.54, 1.807) is 0 Å². The first kappa shape index (κ1) is 18.2. The van der Waals surface area contributed by atoms with Crippen LogP contribution in [0.1, 0.15) is 26.5 Å². The van der Waals surface area contributed by atoms with Gasteiger partial charge in [-0.3, -0.25) is 14.4 Å². The van der Waals surface area contributed by atoms with E-state index >= 15 is 0 Å². The summed E-state index contributed by atoms with van der Waals surface area (Å²) in [6, 6.07) is 6.64. The number of Topliss-reactive ketones (excluding diaryl/α,β-unsaturated/α-hetero) is 1. The molecule has 25 heavy (non-hydrogen) atoms. The maximum atomic E-state index is 12.6. The number of hydrogen-bond acceptors (Lipinski definition) is 5. The van der Waals surface area contributed by atoms with Crippen LogP contribution in [0.3, 0.4) is 0 Å². The van der Waals surface area contributed by atoms with Crippen molar-refractivity contribution in [2.45, 2.75) is 6.18 Å². The van der Waals surface area contributed by atoms with E-state index < -0.39 is 42.6 Å². The zero-order valence-electron chi connectivity index (χ0n) is 12.6. The van der Waals surface area contributed by atoms with Gasteiger partial charge in [0.05, 0.1) is 11.8 Å². The number of benzene rings is 1. The quantitative estimate of drug-likeness (QED) is 0.635. The summed E-state index contributed by atoms with van der Waals surface area (Å²) >= 11 is 0. The number of hydrogen-bond donors (Lipinski definition) is 1. The third-order valence-corrected chi connectivity index (χ3v) is 3.01. The Balaban J connectivity index is 1.83. The van der Waals surface area contributed by atoms with Gasteiger partial charge in [0, 0.05) is 5.56 Å². The highest BCUT2D eigenvalue weighted by atomic mass is 19.4. The summed E-state index contributed by atoms with van der Waals surface area (Å²) in [7, 11) is 0. The number of halogens is 3. The van der Waals surface area contributed by atoms with Crippen LogP contribution in [0.2, 0.25) is 0 Å². The smallest absolute Gasteiger partial charge is 0.416 e. The van der Waals surface area contributed by atoms with E-state index in [9.17, 15) is 27.6 Å². The summed E-state index contributed by atoms with van der Waals surface area (Å²) in [6.07, 6.45) is -3.30. The van der Waals surface area contributed by atoms with Crippen molar-refractivity contribution in [3.05, 3.63) is 59.5 Å². The Labute approximate surface area is 139 Å². The SMILES string of the molecule is O=C(CNC(=O)c1ccco1)OCC(=O)c1cccc(C(F)(F)F)c1. The van der Waals surface area contributed by atoms with Gasteiger partial charge in [-0.05, 0) is 24.3 Å². The summed E-state index contributed by atoms with van der Waals surface area (Å²) < 4.78 is 47.2. The number of ketones is 1. The van der Waals surface area contributed by atoms with Crippen LogP contribution >= 0.6 is 0 Å². The van der Waals surface area contributed by atoms with Gasteiger partial charge in [0.2, 0.25) is 0 Å². The molecule has 132 valence electrons. The van der Waals surface area contributed by atoms with E-state index in [1.807, 2.05) is 0 Å². The molecule has 0 aliphatic carbocycles. The van der Waals surface area contributed by atoms with E-state index in [-0.39, 0.29) is 11.3 Å². The highest BCUT2D eigenvalue weighted by molar-refractivity contribution is 5.98. The molecule has 0 unspecified atom stereocenters. The lowest BCUT2D eigenvalue weighted by Crippen LogP contribution is -2.31. The number of carbonyl (C=O) groups is 3. The van der Waals surface area contributed by atoms with Crippen molar-refractivity contribution in [1.29, 1.82) is 0 Å². The molecule has 6 nitrogen and oxygen atoms in total. The fourth-order valence-corrected chi connectivity index (χ4v) is 1.80. The Morgan fingerprint density at radius 2 is 1.88 bits per heavy atom. The van der Waals surface area contributed by atoms with Crippen molar-refractivity contribution in [2.24, 2.45) is 0 Å². The zero-order valence-corrected chi connectivity index (χ0v) is 12.6. The van der Waals surface area contributed by atoms with Gasteiger partial charge in [-0.15, -0.1) is 0 Å². The summed E-state index contributed by atoms with van der Waals surface area (Å²) in [5.41, 5.74) is -1.21. The lowest BCUT2D eigenvalue weighted by Gasteiger charge is -2.09. The van der Waals surface area contributed by atoms with E-state index in [1.165, 1.54) is 24.5 Å². The predicted molar refractivity (Wildman–Crippen MR) is 77.8 cm³/mol. The lowest BCUT2D eigenvalue weighted by atomic mass is 10.1. The standard InChI is InChI=1S/C16H12F3NO5/c17-16(18,19)11-4-1-3-10(7-11)12(21)9-25-14(22)8-20-15(23)13-5-2-6-24-13/h1-7H,8-9H2,(H,20,23). The summed E-state index contributed by atoms with van der Waals surface area (Å²) in [4.78, 5) is 34.8. The van der Waals surface area contributed by atoms with E-state index in [0.29, 0.717) is 6.07 Å². The average molecular weight is 355 g/mol. The first-order valence-corrected chi connectivity index (χ1v) is 6.95. The number of nitrogens with one attached hydrogen (secondary N) is 1. The van der Waals surface area contributed by atoms with Crippen molar-refractivity contribution in [3.63, 3.8) is 0 Å². The zero-order chi connectivity index (χ0) is 18.4. The predicted octanol–water partition coefficient (Wildman–Crippen LogP) is 2.45. The van der Waals surface area contributed by atoms with Crippen LogP contribution in [-0.4, -0.2) is 30.8 Å². The second-order valence-corrected chi connectivity index (χ2v) is 4.82. The molecule has 2 rings (SSSR count). The van der Waals surface area contributed by atoms with Crippen LogP contribution in [-0.2, 0) is 15.7 Å². The van der Waals surface area contributed by atoms with Crippen molar-refractivity contribution < 1.29 is 36.7 Å². The van der Waals surface area contributed by atoms with Gasteiger partial charge < -0.3 is 14.5 Å². The fourth-order valence-electron chi connectivity index (χ4n) is 1.80. The van der Waals surface area contributed by atoms with Crippen LogP contribution < -0.4 is 5.32 Å². The Hall–Kier alpha value is -3.10. The van der Waals surface area contributed by atoms with E-state index in [0.717, 1.165) is 12.1 Å². The monoisotopic (exact) mass is 355 g/mol. The molecular weight excluding hydrogens is 343 g/mol. The third kappa shape index (κ3) is 5.20. The van der Waals surface area contributed by atoms with Crippen molar-refractivity contribution in [1.82, 2.24) is 5.32 Å². The molecule has 0 atom stereocenters. The van der Waals surface area contributed by atoms with Gasteiger partial charge in [-0.1, -0.05) is 12.1 Å². The molecule has 0 spiro atoms. The van der Waals surface area contributed by atoms with E-state index in [2.05, 4.69) is 10.1 Å². The van der Waals surface area contributed by atoms with E-state index in [4.69, 9.17) is 4.42 Å². The van der Waals surface area contributed by atoms with Crippen LogP contribution in [0.15, 0.2) is 47.1 Å². The van der Waals surface area contributed by atoms with Gasteiger partial charge in [0.15, 0.2) is 18.2 Å². The number of ether oxygens (including phenoxy) is 1. The lowest BCUT2D eigenvalue weighted by molar-refractivity contribution is -0.141. The highest BCUT2D eigenvalue weighted by Gasteiger charge is 2.30. The molecule has 1 heterocycles. The van der Waals surface area contributed by atoms with Crippen LogP contribution in [0.5, 0.6) is 0 Å². The first-order valence-electron chi connectivity index (χ1n) is 6.95. The minimum Gasteiger partial charge on any atom is -0.459 e. The normalized spacial score (nSPS) is 11.0. The van der Waals surface area contributed by atoms with Crippen LogP contribution in [0, 0.1) is 0 Å². The molecule has 0 aliphatic rings. The molecule has 1 N–H and O–H groups in total. The van der Waals surface area contributed by atoms with Gasteiger partial charge >= 0.3 is 12.1 Å². The second kappa shape index (κ2) is 7.65. The van der Waals surface area contributed by atoms with Crippen molar-refractivity contribution in [2.75, 3.05) is 13.2 Å². The van der Waals surface area contributed by atoms with Gasteiger partial charge in [-0.25, -0.2) is 0 Å². The topological polar surface area (TPSA) is 85.6 Å². The van der Waals surface area contributed by atoms with Gasteiger partial charge in [0.25, 0.3) is 5.91 Å². The molecule has 0 fully saturated rings. The molecule has 2 aromatic rings. The molecule has 0 bridgehead atoms. The number of alkyl halides is 3. The minimum absolute atomic E-state index is 0.00663. The summed E-state index contributed by atoms with van der Waals surface area (Å²) in [6.45, 7) is -1.26. The molecule has 0 saturated heterocycles. The molecule has 9 heteroatoms. The third-order valence-electron chi connectivity index (χ3n) is 3.01. The number of rotatable bonds is 6. The molecule has 0 saturated carbocycles. The summed E-state index contributed by atoms with van der Waals surface area (Å²) in [5.74, 6) is -2.36. The number of esters is 1. The van der Waals surface area contributed by atoms with Crippen molar-refractivity contribution >= 4 is 17.7 Å². The Morgan fingerprint density at radius 1 is 1.12 bits per heavy atom. The molecular formula is C16H12F3NO5. The largest absolute Gasteiger partial charge is 0.459 e. The van der Waals surface area contributed by atoms with Crippen LogP contribution in [0.4, 0.5) is 13.2 Å². The highest BCUT2D eigenvalue weighted by Crippen LogP contribution is 2.29. The first-order chi connectivity index (χ1) is 11.8. The maximum absolute atomic E-state index is 12.6. The second-order valence-electron chi connectivity index (χ2n) is 4.82. The molecule has 1 amide bonds. The van der Waals surface area contributed by atoms with Gasteiger partial charge in [-0.2, -0.15) is 13.2 Å². The minimum atomic E-state index is -4.58. The number of amides is 1. The maximum Gasteiger partial charge on any atom is 0.416 e. The van der Waals surface area contributed by atoms with Gasteiger partial charge in [0.1, 0.15) is 6.54 Å². The van der Waals surface area contributed by atoms with Crippen LogP contribution in [0.25, 0.3) is 0 Å². The molecule has 0 aliphatic heterocycles. The molecule has 1 aromatic heterocycles. The van der Waals surface area contributed by atoms with Crippen molar-refractivity contribution in [3.8, 4) is 0 Å². The average Bonchev–Trinajstić information content (AvgIpc) is 3.11. The Morgan fingerprint density at radius 3 is 2.52 bits per heavy atom. The number of furan rings is 1. The Kier molecular flexibility index (Phi) is 5.58. The fraction of sp³-hybridized carbons (Fsp3) is 0.188. The Bertz CT molecular complexity index is 768. The molecule has 0 radical (unpaired) electrons.